The van der Waals surface area contributed by atoms with Crippen LogP contribution in [0.1, 0.15) is 17.7 Å². The van der Waals surface area contributed by atoms with Gasteiger partial charge in [0.05, 0.1) is 0 Å². The van der Waals surface area contributed by atoms with E-state index in [1.165, 1.54) is 4.88 Å². The lowest BCUT2D eigenvalue weighted by molar-refractivity contribution is 0.665. The molecule has 0 aliphatic carbocycles. The molecule has 0 aromatic carbocycles. The minimum atomic E-state index is 0.840. The van der Waals surface area contributed by atoms with Gasteiger partial charge in [0, 0.05) is 23.5 Å². The molecule has 70 valence electrons. The molecule has 13 heavy (non-hydrogen) atoms. The molecule has 1 rings (SSSR count). The van der Waals surface area contributed by atoms with E-state index in [1.54, 1.807) is 11.3 Å². The van der Waals surface area contributed by atoms with Crippen LogP contribution in [0.5, 0.6) is 0 Å². The molecule has 0 unspecified atom stereocenters. The second-order valence-electron chi connectivity index (χ2n) is 2.78. The van der Waals surface area contributed by atoms with Gasteiger partial charge in [-0.15, -0.1) is 23.7 Å². The van der Waals surface area contributed by atoms with Gasteiger partial charge in [0.25, 0.3) is 0 Å². The van der Waals surface area contributed by atoms with Crippen LogP contribution in [0.15, 0.2) is 11.4 Å². The molecule has 0 aliphatic rings. The van der Waals surface area contributed by atoms with Crippen LogP contribution in [0, 0.1) is 12.3 Å². The number of hydrogen-bond donors (Lipinski definition) is 2. The fourth-order valence-electron chi connectivity index (χ4n) is 1.01. The molecule has 0 aliphatic heterocycles. The molecular formula is C10H14N2S. The Hall–Kier alpha value is -0.980. The first kappa shape index (κ1) is 10.1. The van der Waals surface area contributed by atoms with Crippen LogP contribution in [0.2, 0.25) is 0 Å². The summed E-state index contributed by atoms with van der Waals surface area (Å²) in [6.45, 7) is 1.82. The number of thiophene rings is 1. The lowest BCUT2D eigenvalue weighted by Gasteiger charge is -2.01. The van der Waals surface area contributed by atoms with Crippen molar-refractivity contribution in [2.75, 3.05) is 12.3 Å². The number of terminal acetylenes is 1. The van der Waals surface area contributed by atoms with Crippen molar-refractivity contribution < 1.29 is 0 Å². The van der Waals surface area contributed by atoms with E-state index in [9.17, 15) is 0 Å². The minimum absolute atomic E-state index is 0.840. The fraction of sp³-hybridized carbons (Fsp3) is 0.400. The maximum Gasteiger partial charge on any atom is 0.0468 e. The van der Waals surface area contributed by atoms with Gasteiger partial charge in [-0.1, -0.05) is 0 Å². The second-order valence-corrected chi connectivity index (χ2v) is 3.78. The molecule has 0 spiro atoms. The van der Waals surface area contributed by atoms with Crippen molar-refractivity contribution in [3.05, 3.63) is 16.3 Å². The molecule has 0 radical (unpaired) electrons. The third-order valence-corrected chi connectivity index (χ3v) is 2.68. The summed E-state index contributed by atoms with van der Waals surface area (Å²) in [6, 6.07) is 1.93. The van der Waals surface area contributed by atoms with Crippen molar-refractivity contribution in [1.82, 2.24) is 5.32 Å². The summed E-state index contributed by atoms with van der Waals surface area (Å²) in [5.74, 6) is 2.61. The predicted octanol–water partition coefficient (Wildman–Crippen LogP) is 1.83. The quantitative estimate of drug-likeness (QED) is 0.554. The zero-order valence-corrected chi connectivity index (χ0v) is 8.36. The monoisotopic (exact) mass is 194 g/mol. The van der Waals surface area contributed by atoms with E-state index in [0.717, 1.165) is 31.6 Å². The highest BCUT2D eigenvalue weighted by atomic mass is 32.1. The van der Waals surface area contributed by atoms with Gasteiger partial charge in [-0.05, 0) is 24.4 Å². The largest absolute Gasteiger partial charge is 0.398 e. The lowest BCUT2D eigenvalue weighted by Crippen LogP contribution is -2.14. The summed E-state index contributed by atoms with van der Waals surface area (Å²) in [5.41, 5.74) is 6.60. The van der Waals surface area contributed by atoms with Crippen LogP contribution < -0.4 is 11.1 Å². The van der Waals surface area contributed by atoms with Crippen molar-refractivity contribution >= 4 is 17.0 Å². The van der Waals surface area contributed by atoms with E-state index in [1.807, 2.05) is 11.4 Å². The molecule has 1 heterocycles. The van der Waals surface area contributed by atoms with E-state index < -0.39 is 0 Å². The summed E-state index contributed by atoms with van der Waals surface area (Å²) in [7, 11) is 0. The molecule has 0 saturated carbocycles. The predicted molar refractivity (Wildman–Crippen MR) is 58.5 cm³/mol. The first-order valence-corrected chi connectivity index (χ1v) is 5.18. The number of unbranched alkanes of at least 4 members (excludes halogenated alkanes) is 1. The summed E-state index contributed by atoms with van der Waals surface area (Å²) in [4.78, 5) is 1.21. The van der Waals surface area contributed by atoms with Crippen LogP contribution in [0.3, 0.4) is 0 Å². The molecule has 2 nitrogen and oxygen atoms in total. The van der Waals surface area contributed by atoms with Gasteiger partial charge in [0.2, 0.25) is 0 Å². The molecule has 1 aromatic heterocycles. The second kappa shape index (κ2) is 5.63. The van der Waals surface area contributed by atoms with E-state index in [4.69, 9.17) is 12.2 Å². The maximum absolute atomic E-state index is 5.72. The zero-order chi connectivity index (χ0) is 9.52. The Labute approximate surface area is 83.2 Å². The maximum atomic E-state index is 5.72. The van der Waals surface area contributed by atoms with Crippen LogP contribution in [-0.2, 0) is 6.54 Å². The lowest BCUT2D eigenvalue weighted by atomic mass is 10.3. The Morgan fingerprint density at radius 1 is 1.62 bits per heavy atom. The van der Waals surface area contributed by atoms with E-state index in [2.05, 4.69) is 11.2 Å². The van der Waals surface area contributed by atoms with E-state index in [-0.39, 0.29) is 0 Å². The number of nitrogen functional groups attached to an aromatic ring is 1. The molecule has 0 saturated heterocycles. The topological polar surface area (TPSA) is 38.0 Å². The smallest absolute Gasteiger partial charge is 0.0468 e. The molecule has 0 fully saturated rings. The minimum Gasteiger partial charge on any atom is -0.398 e. The van der Waals surface area contributed by atoms with Gasteiger partial charge in [0.1, 0.15) is 0 Å². The summed E-state index contributed by atoms with van der Waals surface area (Å²) in [6.07, 6.45) is 7.00. The molecule has 3 N–H and O–H groups in total. The van der Waals surface area contributed by atoms with Crippen LogP contribution in [-0.4, -0.2) is 6.54 Å². The third-order valence-electron chi connectivity index (χ3n) is 1.74. The van der Waals surface area contributed by atoms with Gasteiger partial charge in [-0.25, -0.2) is 0 Å². The van der Waals surface area contributed by atoms with Crippen molar-refractivity contribution in [3.8, 4) is 12.3 Å². The number of nitrogens with one attached hydrogen (secondary N) is 1. The van der Waals surface area contributed by atoms with Crippen molar-refractivity contribution in [2.24, 2.45) is 0 Å². The molecular weight excluding hydrogens is 180 g/mol. The van der Waals surface area contributed by atoms with Crippen molar-refractivity contribution in [3.63, 3.8) is 0 Å². The van der Waals surface area contributed by atoms with Crippen LogP contribution >= 0.6 is 11.3 Å². The standard InChI is InChI=1S/C10H14N2S/c1-2-3-4-6-12-8-10-9(11)5-7-13-10/h1,5,7,12H,3-4,6,8,11H2. The number of nitrogens with two attached hydrogens (primary N) is 1. The fourth-order valence-corrected chi connectivity index (χ4v) is 1.78. The Balaban J connectivity index is 2.14. The number of anilines is 1. The number of hydrogen-bond acceptors (Lipinski definition) is 3. The van der Waals surface area contributed by atoms with E-state index >= 15 is 0 Å². The average molecular weight is 194 g/mol. The molecule has 3 heteroatoms. The highest BCUT2D eigenvalue weighted by Gasteiger charge is 1.98. The molecule has 1 aromatic rings. The molecule has 0 amide bonds. The van der Waals surface area contributed by atoms with Gasteiger partial charge in [-0.3, -0.25) is 0 Å². The molecule has 0 bridgehead atoms. The number of rotatable bonds is 5. The third kappa shape index (κ3) is 3.49. The SMILES string of the molecule is C#CCCCNCc1sccc1N. The Bertz CT molecular complexity index is 285. The molecule has 0 atom stereocenters. The van der Waals surface area contributed by atoms with E-state index in [0.29, 0.717) is 0 Å². The Morgan fingerprint density at radius 3 is 3.08 bits per heavy atom. The Kier molecular flexibility index (Phi) is 4.37. The average Bonchev–Trinajstić information content (AvgIpc) is 2.52. The normalized spacial score (nSPS) is 9.77. The van der Waals surface area contributed by atoms with Crippen LogP contribution in [0.4, 0.5) is 5.69 Å². The first-order valence-electron chi connectivity index (χ1n) is 4.30. The summed E-state index contributed by atoms with van der Waals surface area (Å²) in [5, 5.41) is 5.31. The highest BCUT2D eigenvalue weighted by Crippen LogP contribution is 2.17. The van der Waals surface area contributed by atoms with Gasteiger partial charge >= 0.3 is 0 Å². The summed E-state index contributed by atoms with van der Waals surface area (Å²) >= 11 is 1.69. The van der Waals surface area contributed by atoms with Gasteiger partial charge in [0.15, 0.2) is 0 Å². The summed E-state index contributed by atoms with van der Waals surface area (Å²) < 4.78 is 0. The highest BCUT2D eigenvalue weighted by molar-refractivity contribution is 7.10. The Morgan fingerprint density at radius 2 is 2.46 bits per heavy atom. The van der Waals surface area contributed by atoms with Crippen LogP contribution in [0.25, 0.3) is 0 Å². The van der Waals surface area contributed by atoms with Gasteiger partial charge in [-0.2, -0.15) is 0 Å². The van der Waals surface area contributed by atoms with Crippen molar-refractivity contribution in [2.45, 2.75) is 19.4 Å². The zero-order valence-electron chi connectivity index (χ0n) is 7.55. The first-order chi connectivity index (χ1) is 6.34. The van der Waals surface area contributed by atoms with Gasteiger partial charge < -0.3 is 11.1 Å². The van der Waals surface area contributed by atoms with Crippen molar-refractivity contribution in [1.29, 1.82) is 0 Å².